The van der Waals surface area contributed by atoms with Crippen molar-refractivity contribution in [1.82, 2.24) is 15.4 Å². The molecule has 2 N–H and O–H groups in total. The number of aliphatic carboxylic acids is 1. The zero-order valence-corrected chi connectivity index (χ0v) is 10.3. The molecule has 0 aromatic carbocycles. The highest BCUT2D eigenvalue weighted by Gasteiger charge is 2.36. The van der Waals surface area contributed by atoms with Crippen LogP contribution in [-0.4, -0.2) is 52.1 Å². The summed E-state index contributed by atoms with van der Waals surface area (Å²) in [5.74, 6) is -2.10. The number of hydrogen-bond donors (Lipinski definition) is 2. The molecule has 102 valence electrons. The first-order valence-corrected chi connectivity index (χ1v) is 5.72. The van der Waals surface area contributed by atoms with Gasteiger partial charge >= 0.3 is 5.97 Å². The maximum atomic E-state index is 12.2. The summed E-state index contributed by atoms with van der Waals surface area (Å²) in [6.45, 7) is 2.18. The molecule has 0 aliphatic carbocycles. The lowest BCUT2D eigenvalue weighted by molar-refractivity contribution is -0.142. The summed E-state index contributed by atoms with van der Waals surface area (Å²) in [6.07, 6.45) is 0.953. The summed E-state index contributed by atoms with van der Waals surface area (Å²) in [4.78, 5) is 35.9. The molecule has 8 heteroatoms. The van der Waals surface area contributed by atoms with E-state index < -0.39 is 30.2 Å². The van der Waals surface area contributed by atoms with Crippen LogP contribution in [0.1, 0.15) is 22.5 Å². The van der Waals surface area contributed by atoms with Crippen molar-refractivity contribution in [3.63, 3.8) is 0 Å². The second-order valence-corrected chi connectivity index (χ2v) is 4.24. The maximum Gasteiger partial charge on any atom is 0.305 e. The minimum Gasteiger partial charge on any atom is -0.481 e. The summed E-state index contributed by atoms with van der Waals surface area (Å²) in [6, 6.07) is -1.02. The van der Waals surface area contributed by atoms with Gasteiger partial charge in [0.25, 0.3) is 5.91 Å². The number of hydrogen-bond acceptors (Lipinski definition) is 5. The van der Waals surface area contributed by atoms with Crippen LogP contribution in [0.5, 0.6) is 0 Å². The van der Waals surface area contributed by atoms with Gasteiger partial charge in [-0.15, -0.1) is 0 Å². The van der Waals surface area contributed by atoms with Crippen molar-refractivity contribution in [2.24, 2.45) is 0 Å². The van der Waals surface area contributed by atoms with Crippen LogP contribution >= 0.6 is 0 Å². The standard InChI is InChI=1S/C11H13N3O5/c1-6-5-13-19-9(6)11(18)14-3-2-12-10(17)7(14)4-8(15)16/h5,7H,2-4H2,1H3,(H,12,17)(H,15,16). The molecule has 0 radical (unpaired) electrons. The first-order valence-electron chi connectivity index (χ1n) is 5.72. The highest BCUT2D eigenvalue weighted by molar-refractivity contribution is 5.98. The lowest BCUT2D eigenvalue weighted by atomic mass is 10.1. The molecule has 1 aromatic heterocycles. The van der Waals surface area contributed by atoms with E-state index in [0.717, 1.165) is 0 Å². The van der Waals surface area contributed by atoms with Gasteiger partial charge in [0.2, 0.25) is 11.7 Å². The molecular weight excluding hydrogens is 254 g/mol. The molecular formula is C11H13N3O5. The minimum absolute atomic E-state index is 0.0325. The monoisotopic (exact) mass is 267 g/mol. The Balaban J connectivity index is 2.25. The zero-order chi connectivity index (χ0) is 14.0. The van der Waals surface area contributed by atoms with E-state index in [1.165, 1.54) is 11.1 Å². The van der Waals surface area contributed by atoms with E-state index >= 15 is 0 Å². The fourth-order valence-corrected chi connectivity index (χ4v) is 1.95. The number of carbonyl (C=O) groups excluding carboxylic acids is 2. The van der Waals surface area contributed by atoms with Crippen molar-refractivity contribution in [3.05, 3.63) is 17.5 Å². The van der Waals surface area contributed by atoms with Crippen LogP contribution in [-0.2, 0) is 9.59 Å². The number of piperazine rings is 1. The molecule has 1 fully saturated rings. The van der Waals surface area contributed by atoms with Crippen molar-refractivity contribution in [1.29, 1.82) is 0 Å². The van der Waals surface area contributed by atoms with Crippen LogP contribution in [0.4, 0.5) is 0 Å². The van der Waals surface area contributed by atoms with E-state index in [-0.39, 0.29) is 18.8 Å². The van der Waals surface area contributed by atoms with E-state index in [0.29, 0.717) is 5.56 Å². The fourth-order valence-electron chi connectivity index (χ4n) is 1.95. The number of carboxylic acid groups (broad SMARTS) is 1. The molecule has 2 heterocycles. The topological polar surface area (TPSA) is 113 Å². The summed E-state index contributed by atoms with van der Waals surface area (Å²) in [5.41, 5.74) is 0.546. The van der Waals surface area contributed by atoms with Gasteiger partial charge in [0, 0.05) is 18.7 Å². The Morgan fingerprint density at radius 3 is 2.95 bits per heavy atom. The first kappa shape index (κ1) is 13.1. The lowest BCUT2D eigenvalue weighted by Crippen LogP contribution is -2.57. The Hall–Kier alpha value is -2.38. The van der Waals surface area contributed by atoms with Crippen LogP contribution in [0.25, 0.3) is 0 Å². The van der Waals surface area contributed by atoms with Crippen LogP contribution in [0.2, 0.25) is 0 Å². The molecule has 0 spiro atoms. The number of carbonyl (C=O) groups is 3. The second kappa shape index (κ2) is 5.09. The first-order chi connectivity index (χ1) is 9.00. The van der Waals surface area contributed by atoms with Crippen LogP contribution in [0, 0.1) is 6.92 Å². The lowest BCUT2D eigenvalue weighted by Gasteiger charge is -2.33. The molecule has 0 bridgehead atoms. The molecule has 1 unspecified atom stereocenters. The van der Waals surface area contributed by atoms with Gasteiger partial charge in [-0.2, -0.15) is 0 Å². The van der Waals surface area contributed by atoms with Crippen molar-refractivity contribution < 1.29 is 24.0 Å². The number of nitrogens with zero attached hydrogens (tertiary/aromatic N) is 2. The van der Waals surface area contributed by atoms with E-state index in [1.54, 1.807) is 6.92 Å². The maximum absolute atomic E-state index is 12.2. The molecule has 19 heavy (non-hydrogen) atoms. The highest BCUT2D eigenvalue weighted by atomic mass is 16.5. The van der Waals surface area contributed by atoms with Gasteiger partial charge in [0.1, 0.15) is 6.04 Å². The van der Waals surface area contributed by atoms with Gasteiger partial charge in [0.15, 0.2) is 0 Å². The van der Waals surface area contributed by atoms with Crippen LogP contribution < -0.4 is 5.32 Å². The van der Waals surface area contributed by atoms with Crippen LogP contribution in [0.3, 0.4) is 0 Å². The van der Waals surface area contributed by atoms with E-state index in [2.05, 4.69) is 10.5 Å². The number of carboxylic acids is 1. The largest absolute Gasteiger partial charge is 0.481 e. The molecule has 2 amide bonds. The zero-order valence-electron chi connectivity index (χ0n) is 10.3. The van der Waals surface area contributed by atoms with E-state index in [4.69, 9.17) is 9.63 Å². The fraction of sp³-hybridized carbons (Fsp3) is 0.455. The number of aromatic nitrogens is 1. The Morgan fingerprint density at radius 2 is 2.37 bits per heavy atom. The Kier molecular flexibility index (Phi) is 3.50. The van der Waals surface area contributed by atoms with Gasteiger partial charge < -0.3 is 19.8 Å². The van der Waals surface area contributed by atoms with Crippen molar-refractivity contribution in [2.75, 3.05) is 13.1 Å². The third-order valence-corrected chi connectivity index (χ3v) is 2.90. The Labute approximate surface area is 108 Å². The number of amides is 2. The average Bonchev–Trinajstić information content (AvgIpc) is 2.77. The van der Waals surface area contributed by atoms with Gasteiger partial charge in [-0.3, -0.25) is 14.4 Å². The van der Waals surface area contributed by atoms with Crippen molar-refractivity contribution in [3.8, 4) is 0 Å². The second-order valence-electron chi connectivity index (χ2n) is 4.24. The summed E-state index contributed by atoms with van der Waals surface area (Å²) in [5, 5.41) is 14.9. The van der Waals surface area contributed by atoms with Gasteiger partial charge in [-0.1, -0.05) is 5.16 Å². The highest BCUT2D eigenvalue weighted by Crippen LogP contribution is 2.16. The van der Waals surface area contributed by atoms with E-state index in [1.807, 2.05) is 0 Å². The Morgan fingerprint density at radius 1 is 1.63 bits per heavy atom. The molecule has 8 nitrogen and oxygen atoms in total. The summed E-state index contributed by atoms with van der Waals surface area (Å²) >= 11 is 0. The molecule has 1 aliphatic rings. The average molecular weight is 267 g/mol. The number of aryl methyl sites for hydroxylation is 1. The smallest absolute Gasteiger partial charge is 0.305 e. The predicted molar refractivity (Wildman–Crippen MR) is 61.3 cm³/mol. The van der Waals surface area contributed by atoms with Gasteiger partial charge in [0.05, 0.1) is 12.6 Å². The van der Waals surface area contributed by atoms with Gasteiger partial charge in [-0.05, 0) is 6.92 Å². The molecule has 1 atom stereocenters. The third kappa shape index (κ3) is 2.56. The van der Waals surface area contributed by atoms with Crippen molar-refractivity contribution >= 4 is 17.8 Å². The molecule has 1 aromatic rings. The quantitative estimate of drug-likeness (QED) is 0.756. The SMILES string of the molecule is Cc1cnoc1C(=O)N1CCNC(=O)C1CC(=O)O. The predicted octanol–water partition coefficient (Wildman–Crippen LogP) is -0.602. The summed E-state index contributed by atoms with van der Waals surface area (Å²) in [7, 11) is 0. The normalized spacial score (nSPS) is 19.1. The minimum atomic E-state index is -1.14. The molecule has 1 saturated heterocycles. The molecule has 0 saturated carbocycles. The van der Waals surface area contributed by atoms with Gasteiger partial charge in [-0.25, -0.2) is 0 Å². The summed E-state index contributed by atoms with van der Waals surface area (Å²) < 4.78 is 4.85. The Bertz CT molecular complexity index is 524. The number of nitrogens with one attached hydrogen (secondary N) is 1. The van der Waals surface area contributed by atoms with Crippen molar-refractivity contribution in [2.45, 2.75) is 19.4 Å². The molecule has 2 rings (SSSR count). The number of rotatable bonds is 3. The molecule has 1 aliphatic heterocycles. The van der Waals surface area contributed by atoms with E-state index in [9.17, 15) is 14.4 Å². The van der Waals surface area contributed by atoms with Crippen LogP contribution in [0.15, 0.2) is 10.7 Å². The third-order valence-electron chi connectivity index (χ3n) is 2.90.